The Kier molecular flexibility index (Phi) is 4.26. The van der Waals surface area contributed by atoms with Gasteiger partial charge < -0.3 is 4.74 Å². The van der Waals surface area contributed by atoms with Gasteiger partial charge in [-0.15, -0.1) is 11.8 Å². The molecule has 0 N–H and O–H groups in total. The number of carbonyl (C=O) groups excluding carboxylic acids is 1. The lowest BCUT2D eigenvalue weighted by Crippen LogP contribution is -2.05. The van der Waals surface area contributed by atoms with E-state index in [2.05, 4.69) is 12.1 Å². The van der Waals surface area contributed by atoms with E-state index in [1.54, 1.807) is 11.8 Å². The third-order valence-corrected chi connectivity index (χ3v) is 4.02. The maximum atomic E-state index is 11.5. The highest BCUT2D eigenvalue weighted by Crippen LogP contribution is 2.31. The molecule has 0 amide bonds. The maximum absolute atomic E-state index is 11.5. The van der Waals surface area contributed by atoms with Gasteiger partial charge in [0.05, 0.1) is 7.11 Å². The molecule has 0 radical (unpaired) electrons. The molecule has 1 aromatic rings. The summed E-state index contributed by atoms with van der Waals surface area (Å²) in [7, 11) is 1.45. The number of hydrogen-bond acceptors (Lipinski definition) is 3. The second-order valence-electron chi connectivity index (χ2n) is 4.03. The van der Waals surface area contributed by atoms with Gasteiger partial charge in [0.15, 0.2) is 0 Å². The van der Waals surface area contributed by atoms with Crippen molar-refractivity contribution in [1.29, 1.82) is 0 Å². The second-order valence-corrected chi connectivity index (χ2v) is 5.08. The van der Waals surface area contributed by atoms with E-state index >= 15 is 0 Å². The van der Waals surface area contributed by atoms with E-state index in [-0.39, 0.29) is 5.97 Å². The van der Waals surface area contributed by atoms with Crippen molar-refractivity contribution in [3.05, 3.63) is 41.5 Å². The first-order valence-corrected chi connectivity index (χ1v) is 6.77. The summed E-state index contributed by atoms with van der Waals surface area (Å²) in [4.78, 5) is 12.8. The highest BCUT2D eigenvalue weighted by molar-refractivity contribution is 7.99. The summed E-state index contributed by atoms with van der Waals surface area (Å²) in [6.45, 7) is 0. The fraction of sp³-hybridized carbons (Fsp3) is 0.357. The van der Waals surface area contributed by atoms with E-state index in [9.17, 15) is 4.79 Å². The minimum Gasteiger partial charge on any atom is -0.466 e. The van der Waals surface area contributed by atoms with Crippen molar-refractivity contribution in [3.63, 3.8) is 0 Å². The summed E-state index contributed by atoms with van der Waals surface area (Å²) in [5.41, 5.74) is 2.15. The van der Waals surface area contributed by atoms with Crippen LogP contribution in [0.5, 0.6) is 0 Å². The molecule has 0 heterocycles. The molecule has 0 spiro atoms. The molecule has 0 bridgehead atoms. The molecule has 1 aliphatic carbocycles. The highest BCUT2D eigenvalue weighted by atomic mass is 32.2. The zero-order valence-electron chi connectivity index (χ0n) is 9.94. The third kappa shape index (κ3) is 3.13. The van der Waals surface area contributed by atoms with E-state index in [1.807, 2.05) is 18.2 Å². The van der Waals surface area contributed by atoms with Crippen molar-refractivity contribution in [3.8, 4) is 0 Å². The minimum atomic E-state index is -0.147. The monoisotopic (exact) mass is 248 g/mol. The molecule has 1 aliphatic rings. The Hall–Kier alpha value is -1.22. The van der Waals surface area contributed by atoms with Gasteiger partial charge in [-0.25, -0.2) is 4.79 Å². The van der Waals surface area contributed by atoms with Crippen molar-refractivity contribution < 1.29 is 9.53 Å². The first-order chi connectivity index (χ1) is 8.31. The number of benzene rings is 1. The molecule has 0 unspecified atom stereocenters. The molecule has 0 saturated carbocycles. The second kappa shape index (κ2) is 5.92. The highest BCUT2D eigenvalue weighted by Gasteiger charge is 2.21. The Bertz CT molecular complexity index is 423. The summed E-state index contributed by atoms with van der Waals surface area (Å²) in [6, 6.07) is 10.3. The van der Waals surface area contributed by atoms with Crippen LogP contribution >= 0.6 is 11.8 Å². The van der Waals surface area contributed by atoms with Crippen molar-refractivity contribution in [2.24, 2.45) is 0 Å². The molecule has 0 fully saturated rings. The minimum absolute atomic E-state index is 0.147. The average Bonchev–Trinajstić information content (AvgIpc) is 2.85. The van der Waals surface area contributed by atoms with E-state index in [4.69, 9.17) is 4.74 Å². The number of thioether (sulfide) groups is 1. The van der Waals surface area contributed by atoms with Crippen LogP contribution in [0.4, 0.5) is 0 Å². The predicted molar refractivity (Wildman–Crippen MR) is 70.1 cm³/mol. The summed E-state index contributed by atoms with van der Waals surface area (Å²) < 4.78 is 4.81. The van der Waals surface area contributed by atoms with Crippen LogP contribution in [0.25, 0.3) is 0 Å². The number of esters is 1. The molecule has 0 aliphatic heterocycles. The van der Waals surface area contributed by atoms with Crippen LogP contribution in [0.3, 0.4) is 0 Å². The Morgan fingerprint density at radius 3 is 2.76 bits per heavy atom. The fourth-order valence-corrected chi connectivity index (χ4v) is 3.03. The molecular formula is C14H16O2S. The lowest BCUT2D eigenvalue weighted by Gasteiger charge is -2.05. The van der Waals surface area contributed by atoms with Gasteiger partial charge >= 0.3 is 5.97 Å². The van der Waals surface area contributed by atoms with Crippen molar-refractivity contribution in [2.75, 3.05) is 12.9 Å². The van der Waals surface area contributed by atoms with Crippen molar-refractivity contribution in [2.45, 2.75) is 24.2 Å². The summed E-state index contributed by atoms with van der Waals surface area (Å²) in [6.07, 6.45) is 2.98. The largest absolute Gasteiger partial charge is 0.466 e. The molecule has 90 valence electrons. The van der Waals surface area contributed by atoms with Gasteiger partial charge in [-0.2, -0.15) is 0 Å². The topological polar surface area (TPSA) is 26.3 Å². The van der Waals surface area contributed by atoms with Gasteiger partial charge in [-0.05, 0) is 37.0 Å². The predicted octanol–water partition coefficient (Wildman–Crippen LogP) is 3.43. The smallest absolute Gasteiger partial charge is 0.333 e. The number of methoxy groups -OCH3 is 1. The van der Waals surface area contributed by atoms with Gasteiger partial charge in [-0.3, -0.25) is 0 Å². The van der Waals surface area contributed by atoms with Crippen LogP contribution in [0.1, 0.15) is 19.3 Å². The van der Waals surface area contributed by atoms with Gasteiger partial charge in [0.1, 0.15) is 0 Å². The molecule has 0 atom stereocenters. The Balaban J connectivity index is 2.01. The first-order valence-electron chi connectivity index (χ1n) is 5.78. The molecule has 0 saturated heterocycles. The van der Waals surface area contributed by atoms with E-state index in [1.165, 1.54) is 17.6 Å². The zero-order chi connectivity index (χ0) is 12.1. The van der Waals surface area contributed by atoms with Gasteiger partial charge in [-0.1, -0.05) is 18.2 Å². The summed E-state index contributed by atoms with van der Waals surface area (Å²) in [5.74, 6) is 0.750. The molecule has 3 heteroatoms. The van der Waals surface area contributed by atoms with Crippen LogP contribution in [0, 0.1) is 0 Å². The van der Waals surface area contributed by atoms with Crippen LogP contribution in [0.2, 0.25) is 0 Å². The molecule has 2 rings (SSSR count). The van der Waals surface area contributed by atoms with Crippen LogP contribution in [0.15, 0.2) is 46.4 Å². The number of carbonyl (C=O) groups is 1. The number of ether oxygens (including phenoxy) is 1. The molecule has 17 heavy (non-hydrogen) atoms. The van der Waals surface area contributed by atoms with Crippen LogP contribution in [-0.4, -0.2) is 18.8 Å². The van der Waals surface area contributed by atoms with E-state index in [0.717, 1.165) is 30.6 Å². The maximum Gasteiger partial charge on any atom is 0.333 e. The summed E-state index contributed by atoms with van der Waals surface area (Å²) >= 11 is 1.78. The van der Waals surface area contributed by atoms with Crippen LogP contribution < -0.4 is 0 Å². The Labute approximate surface area is 106 Å². The van der Waals surface area contributed by atoms with Gasteiger partial charge in [0.25, 0.3) is 0 Å². The molecule has 1 aromatic carbocycles. The molecular weight excluding hydrogens is 232 g/mol. The van der Waals surface area contributed by atoms with Gasteiger partial charge in [0, 0.05) is 16.2 Å². The normalized spacial score (nSPS) is 15.1. The summed E-state index contributed by atoms with van der Waals surface area (Å²) in [5, 5.41) is 0. The van der Waals surface area contributed by atoms with E-state index in [0.29, 0.717) is 0 Å². The lowest BCUT2D eigenvalue weighted by atomic mass is 10.2. The van der Waals surface area contributed by atoms with Gasteiger partial charge in [0.2, 0.25) is 0 Å². The quantitative estimate of drug-likeness (QED) is 0.603. The molecule has 0 aromatic heterocycles. The zero-order valence-corrected chi connectivity index (χ0v) is 10.8. The van der Waals surface area contributed by atoms with E-state index < -0.39 is 0 Å². The molecule has 2 nitrogen and oxygen atoms in total. The lowest BCUT2D eigenvalue weighted by molar-refractivity contribution is -0.136. The number of rotatable bonds is 4. The van der Waals surface area contributed by atoms with Crippen LogP contribution in [-0.2, 0) is 9.53 Å². The Morgan fingerprint density at radius 1 is 1.29 bits per heavy atom. The Morgan fingerprint density at radius 2 is 2.06 bits per heavy atom. The fourth-order valence-electron chi connectivity index (χ4n) is 2.02. The third-order valence-electron chi connectivity index (χ3n) is 2.92. The first kappa shape index (κ1) is 12.2. The average molecular weight is 248 g/mol. The van der Waals surface area contributed by atoms with Crippen molar-refractivity contribution in [1.82, 2.24) is 0 Å². The van der Waals surface area contributed by atoms with Crippen molar-refractivity contribution >= 4 is 17.7 Å². The number of hydrogen-bond donors (Lipinski definition) is 0. The SMILES string of the molecule is COC(=O)C1=C(CSc2ccccc2)CCC1. The standard InChI is InChI=1S/C14H16O2S/c1-16-14(15)13-9-5-6-11(13)10-17-12-7-3-2-4-8-12/h2-4,7-8H,5-6,9-10H2,1H3.